The normalized spacial score (nSPS) is 13.9. The molecule has 3 aromatic carbocycles. The lowest BCUT2D eigenvalue weighted by molar-refractivity contribution is -0.0589. The minimum atomic E-state index is -1.08. The molecule has 1 aliphatic rings. The van der Waals surface area contributed by atoms with E-state index in [1.807, 2.05) is 4.57 Å². The van der Waals surface area contributed by atoms with Crippen molar-refractivity contribution < 1.29 is 32.5 Å². The van der Waals surface area contributed by atoms with E-state index in [2.05, 4.69) is 26.9 Å². The van der Waals surface area contributed by atoms with E-state index in [4.69, 9.17) is 9.47 Å². The van der Waals surface area contributed by atoms with Crippen LogP contribution in [0.3, 0.4) is 0 Å². The molecule has 1 N–H and O–H groups in total. The van der Waals surface area contributed by atoms with Crippen LogP contribution in [0.4, 0.5) is 13.2 Å². The lowest BCUT2D eigenvalue weighted by Gasteiger charge is -2.27. The van der Waals surface area contributed by atoms with Gasteiger partial charge >= 0.3 is 5.97 Å². The standard InChI is InChI=1S/C37H28F3N5O4/c1-44-19-23(18-41-44)6-5-22-7-8-25(29(38)13-22)21-49-36-4-2-3-32(43-36)28-17-30(39)26(14-31(28)40)16-35-42-33-10-9-24(37(46)47)15-34(33)45(35)20-27-11-12-48-27/h2-4,7-10,13-15,17-19,27H,11-12,16,20-21H2,1H3,(H,46,47)/t27-/m0/s1. The van der Waals surface area contributed by atoms with E-state index in [0.717, 1.165) is 18.6 Å². The highest BCUT2D eigenvalue weighted by Crippen LogP contribution is 2.29. The second-order valence-electron chi connectivity index (χ2n) is 11.6. The molecule has 246 valence electrons. The SMILES string of the molecule is Cn1cc(C#Cc2ccc(COc3cccc(-c4cc(F)c(Cc5nc6ccc(C(=O)O)cc6n5C[C@@H]5CCO5)cc4F)n3)c(F)c2)cn1. The lowest BCUT2D eigenvalue weighted by atomic mass is 10.0. The van der Waals surface area contributed by atoms with Crippen LogP contribution in [0.1, 0.15) is 44.9 Å². The summed E-state index contributed by atoms with van der Waals surface area (Å²) >= 11 is 0. The van der Waals surface area contributed by atoms with Crippen molar-refractivity contribution in [3.05, 3.63) is 130 Å². The van der Waals surface area contributed by atoms with Gasteiger partial charge in [0.05, 0.1) is 46.7 Å². The van der Waals surface area contributed by atoms with Gasteiger partial charge in [0.15, 0.2) is 0 Å². The summed E-state index contributed by atoms with van der Waals surface area (Å²) in [6, 6.07) is 16.0. The summed E-state index contributed by atoms with van der Waals surface area (Å²) in [5.74, 6) is 3.45. The molecule has 1 aliphatic heterocycles. The molecule has 3 aromatic heterocycles. The maximum Gasteiger partial charge on any atom is 0.335 e. The van der Waals surface area contributed by atoms with E-state index < -0.39 is 23.4 Å². The van der Waals surface area contributed by atoms with Crippen molar-refractivity contribution in [3.63, 3.8) is 0 Å². The van der Waals surface area contributed by atoms with Crippen molar-refractivity contribution in [1.82, 2.24) is 24.3 Å². The van der Waals surface area contributed by atoms with Gasteiger partial charge in [0.1, 0.15) is 29.9 Å². The van der Waals surface area contributed by atoms with Crippen LogP contribution in [0.2, 0.25) is 0 Å². The second kappa shape index (κ2) is 13.3. The molecule has 49 heavy (non-hydrogen) atoms. The van der Waals surface area contributed by atoms with Crippen LogP contribution in [0.15, 0.2) is 79.1 Å². The van der Waals surface area contributed by atoms with Crippen LogP contribution in [-0.2, 0) is 31.4 Å². The minimum absolute atomic E-state index is 0.0389. The summed E-state index contributed by atoms with van der Waals surface area (Å²) in [5.41, 5.74) is 2.83. The molecule has 0 spiro atoms. The maximum absolute atomic E-state index is 15.6. The fourth-order valence-corrected chi connectivity index (χ4v) is 5.54. The van der Waals surface area contributed by atoms with Crippen LogP contribution in [0.25, 0.3) is 22.3 Å². The molecule has 7 rings (SSSR count). The molecule has 12 heteroatoms. The highest BCUT2D eigenvalue weighted by atomic mass is 19.1. The first-order chi connectivity index (χ1) is 23.7. The lowest BCUT2D eigenvalue weighted by Crippen LogP contribution is -2.31. The van der Waals surface area contributed by atoms with Gasteiger partial charge in [0.25, 0.3) is 0 Å². The fraction of sp³-hybridized carbons (Fsp3) is 0.189. The Labute approximate surface area is 278 Å². The second-order valence-corrected chi connectivity index (χ2v) is 11.6. The number of imidazole rings is 1. The quantitative estimate of drug-likeness (QED) is 0.181. The number of aryl methyl sites for hydroxylation is 1. The smallest absolute Gasteiger partial charge is 0.335 e. The van der Waals surface area contributed by atoms with Gasteiger partial charge in [-0.05, 0) is 60.5 Å². The van der Waals surface area contributed by atoms with E-state index in [1.54, 1.807) is 54.5 Å². The maximum atomic E-state index is 15.6. The molecule has 0 amide bonds. The van der Waals surface area contributed by atoms with E-state index in [0.29, 0.717) is 41.1 Å². The third kappa shape index (κ3) is 6.88. The third-order valence-electron chi connectivity index (χ3n) is 8.22. The number of hydrogen-bond acceptors (Lipinski definition) is 6. The van der Waals surface area contributed by atoms with Gasteiger partial charge in [-0.1, -0.05) is 24.0 Å². The molecule has 6 aromatic rings. The number of carbonyl (C=O) groups is 1. The topological polar surface area (TPSA) is 104 Å². The molecule has 4 heterocycles. The number of ether oxygens (including phenoxy) is 2. The number of pyridine rings is 1. The monoisotopic (exact) mass is 663 g/mol. The molecule has 0 radical (unpaired) electrons. The predicted molar refractivity (Wildman–Crippen MR) is 173 cm³/mol. The fourth-order valence-electron chi connectivity index (χ4n) is 5.54. The molecule has 1 atom stereocenters. The number of carboxylic acid groups (broad SMARTS) is 1. The molecule has 0 bridgehead atoms. The number of rotatable bonds is 9. The molecule has 0 saturated carbocycles. The van der Waals surface area contributed by atoms with E-state index in [-0.39, 0.29) is 53.0 Å². The number of aromatic carboxylic acids is 1. The van der Waals surface area contributed by atoms with Gasteiger partial charge in [-0.2, -0.15) is 5.10 Å². The Morgan fingerprint density at radius 3 is 2.53 bits per heavy atom. The average Bonchev–Trinajstić information content (AvgIpc) is 3.64. The van der Waals surface area contributed by atoms with Crippen LogP contribution in [0, 0.1) is 29.3 Å². The summed E-state index contributed by atoms with van der Waals surface area (Å²) in [4.78, 5) is 20.6. The Bertz CT molecular complexity index is 2280. The zero-order valence-electron chi connectivity index (χ0n) is 26.2. The van der Waals surface area contributed by atoms with Gasteiger partial charge in [0.2, 0.25) is 5.88 Å². The van der Waals surface area contributed by atoms with Crippen LogP contribution >= 0.6 is 0 Å². The summed E-state index contributed by atoms with van der Waals surface area (Å²) in [6.45, 7) is 0.888. The number of nitrogens with zero attached hydrogens (tertiary/aromatic N) is 5. The molecule has 1 saturated heterocycles. The highest BCUT2D eigenvalue weighted by Gasteiger charge is 2.24. The summed E-state index contributed by atoms with van der Waals surface area (Å²) in [5, 5.41) is 13.5. The molecule has 0 unspecified atom stereocenters. The van der Waals surface area contributed by atoms with E-state index >= 15 is 8.78 Å². The van der Waals surface area contributed by atoms with Crippen LogP contribution < -0.4 is 4.74 Å². The van der Waals surface area contributed by atoms with Crippen molar-refractivity contribution in [1.29, 1.82) is 0 Å². The Balaban J connectivity index is 1.08. The van der Waals surface area contributed by atoms with E-state index in [1.165, 1.54) is 24.3 Å². The molecular weight excluding hydrogens is 635 g/mol. The summed E-state index contributed by atoms with van der Waals surface area (Å²) in [6.07, 6.45) is 4.08. The van der Waals surface area contributed by atoms with Gasteiger partial charge < -0.3 is 19.1 Å². The van der Waals surface area contributed by atoms with Crippen LogP contribution in [0.5, 0.6) is 5.88 Å². The first kappa shape index (κ1) is 31.7. The number of carboxylic acids is 1. The van der Waals surface area contributed by atoms with Gasteiger partial charge in [-0.3, -0.25) is 4.68 Å². The molecule has 1 fully saturated rings. The Morgan fingerprint density at radius 1 is 0.980 bits per heavy atom. The van der Waals surface area contributed by atoms with Crippen molar-refractivity contribution in [3.8, 4) is 29.0 Å². The van der Waals surface area contributed by atoms with Gasteiger partial charge in [0, 0.05) is 49.0 Å². The Hall–Kier alpha value is -5.93. The number of fused-ring (bicyclic) bond motifs is 1. The van der Waals surface area contributed by atoms with Crippen LogP contribution in [-0.4, -0.2) is 48.1 Å². The minimum Gasteiger partial charge on any atom is -0.478 e. The molecular formula is C37H28F3N5O4. The zero-order chi connectivity index (χ0) is 34.1. The highest BCUT2D eigenvalue weighted by molar-refractivity contribution is 5.92. The molecule has 0 aliphatic carbocycles. The third-order valence-corrected chi connectivity index (χ3v) is 8.22. The average molecular weight is 664 g/mol. The first-order valence-corrected chi connectivity index (χ1v) is 15.4. The van der Waals surface area contributed by atoms with Crippen molar-refractivity contribution in [2.75, 3.05) is 6.61 Å². The molecule has 9 nitrogen and oxygen atoms in total. The van der Waals surface area contributed by atoms with Gasteiger partial charge in [-0.25, -0.2) is 27.9 Å². The van der Waals surface area contributed by atoms with Gasteiger partial charge in [-0.15, -0.1) is 0 Å². The number of benzene rings is 3. The van der Waals surface area contributed by atoms with E-state index in [9.17, 15) is 14.3 Å². The number of hydrogen-bond donors (Lipinski definition) is 1. The van der Waals surface area contributed by atoms with Crippen molar-refractivity contribution in [2.24, 2.45) is 7.05 Å². The summed E-state index contributed by atoms with van der Waals surface area (Å²) < 4.78 is 60.7. The summed E-state index contributed by atoms with van der Waals surface area (Å²) in [7, 11) is 1.78. The van der Waals surface area contributed by atoms with Crippen molar-refractivity contribution in [2.45, 2.75) is 32.1 Å². The predicted octanol–water partition coefficient (Wildman–Crippen LogP) is 6.31. The Kier molecular flexibility index (Phi) is 8.59. The van der Waals surface area contributed by atoms with Crippen molar-refractivity contribution >= 4 is 17.0 Å². The first-order valence-electron chi connectivity index (χ1n) is 15.4. The zero-order valence-corrected chi connectivity index (χ0v) is 26.2. The Morgan fingerprint density at radius 2 is 1.80 bits per heavy atom. The largest absolute Gasteiger partial charge is 0.478 e. The number of halogens is 3. The number of aromatic nitrogens is 5.